The molecule has 4 aliphatic carbocycles. The van der Waals surface area contributed by atoms with E-state index in [1.807, 2.05) is 18.2 Å². The average Bonchev–Trinajstić information content (AvgIpc) is 2.69. The first-order chi connectivity index (χ1) is 15.7. The zero-order chi connectivity index (χ0) is 23.2. The molecular formula is C26H26BrCl2NO3. The quantitative estimate of drug-likeness (QED) is 0.302. The third-order valence-electron chi connectivity index (χ3n) is 7.35. The van der Waals surface area contributed by atoms with Crippen LogP contribution in [-0.2, 0) is 14.3 Å². The number of nitrogens with one attached hydrogen (secondary N) is 1. The van der Waals surface area contributed by atoms with Crippen molar-refractivity contribution < 1.29 is 14.3 Å². The topological polar surface area (TPSA) is 55.4 Å². The van der Waals surface area contributed by atoms with Crippen LogP contribution in [0.25, 0.3) is 0 Å². The second-order valence-corrected chi connectivity index (χ2v) is 12.8. The Morgan fingerprint density at radius 3 is 2.27 bits per heavy atom. The number of hydrogen-bond acceptors (Lipinski definition) is 3. The molecule has 4 bridgehead atoms. The van der Waals surface area contributed by atoms with Gasteiger partial charge in [0.25, 0.3) is 5.91 Å². The molecule has 2 aromatic rings. The van der Waals surface area contributed by atoms with E-state index in [0.29, 0.717) is 39.6 Å². The SMILES string of the molecule is O=C(CC12CC3CC(CC(Br)(C3)C1)C2)OC(C(=O)Nc1cc(Cl)cc(Cl)c1)c1ccccc1. The van der Waals surface area contributed by atoms with Crippen LogP contribution in [0.1, 0.15) is 56.6 Å². The van der Waals surface area contributed by atoms with Gasteiger partial charge in [0.1, 0.15) is 0 Å². The van der Waals surface area contributed by atoms with Gasteiger partial charge in [-0.05, 0) is 74.0 Å². The summed E-state index contributed by atoms with van der Waals surface area (Å²) in [5, 5.41) is 3.63. The number of hydrogen-bond donors (Lipinski definition) is 1. The number of anilines is 1. The van der Waals surface area contributed by atoms with E-state index in [1.165, 1.54) is 19.3 Å². The maximum atomic E-state index is 13.2. The lowest BCUT2D eigenvalue weighted by Gasteiger charge is -2.60. The maximum Gasteiger partial charge on any atom is 0.307 e. The summed E-state index contributed by atoms with van der Waals surface area (Å²) in [7, 11) is 0. The third kappa shape index (κ3) is 5.11. The highest BCUT2D eigenvalue weighted by Gasteiger charge is 2.57. The van der Waals surface area contributed by atoms with Crippen LogP contribution in [0.3, 0.4) is 0 Å². The Morgan fingerprint density at radius 2 is 1.67 bits per heavy atom. The third-order valence-corrected chi connectivity index (χ3v) is 8.71. The lowest BCUT2D eigenvalue weighted by Crippen LogP contribution is -2.53. The molecule has 7 heteroatoms. The lowest BCUT2D eigenvalue weighted by molar-refractivity contribution is -0.160. The van der Waals surface area contributed by atoms with E-state index >= 15 is 0 Å². The van der Waals surface area contributed by atoms with Gasteiger partial charge in [0, 0.05) is 25.6 Å². The fourth-order valence-electron chi connectivity index (χ4n) is 6.76. The normalized spacial score (nSPS) is 30.6. The van der Waals surface area contributed by atoms with Gasteiger partial charge in [-0.3, -0.25) is 9.59 Å². The van der Waals surface area contributed by atoms with Crippen molar-refractivity contribution in [3.8, 4) is 0 Å². The summed E-state index contributed by atoms with van der Waals surface area (Å²) < 4.78 is 6.04. The van der Waals surface area contributed by atoms with Crippen LogP contribution < -0.4 is 5.32 Å². The largest absolute Gasteiger partial charge is 0.447 e. The Balaban J connectivity index is 1.33. The smallest absolute Gasteiger partial charge is 0.307 e. The fraction of sp³-hybridized carbons (Fsp3) is 0.462. The number of ether oxygens (including phenoxy) is 1. The summed E-state index contributed by atoms with van der Waals surface area (Å²) in [6.07, 6.45) is 6.15. The van der Waals surface area contributed by atoms with Gasteiger partial charge in [-0.25, -0.2) is 0 Å². The van der Waals surface area contributed by atoms with Gasteiger partial charge in [-0.1, -0.05) is 69.5 Å². The Labute approximate surface area is 212 Å². The molecule has 1 N–H and O–H groups in total. The van der Waals surface area contributed by atoms with Gasteiger partial charge in [-0.15, -0.1) is 0 Å². The van der Waals surface area contributed by atoms with Crippen LogP contribution in [0.4, 0.5) is 5.69 Å². The number of amides is 1. The number of halogens is 3. The van der Waals surface area contributed by atoms with Crippen LogP contribution in [0, 0.1) is 17.3 Å². The Kier molecular flexibility index (Phi) is 6.26. The van der Waals surface area contributed by atoms with E-state index in [0.717, 1.165) is 19.3 Å². The summed E-state index contributed by atoms with van der Waals surface area (Å²) in [6.45, 7) is 0. The minimum Gasteiger partial charge on any atom is -0.447 e. The Hall–Kier alpha value is -1.56. The van der Waals surface area contributed by atoms with Crippen molar-refractivity contribution in [2.45, 2.75) is 55.4 Å². The van der Waals surface area contributed by atoms with Gasteiger partial charge in [0.05, 0.1) is 6.42 Å². The Bertz CT molecular complexity index is 1040. The predicted molar refractivity (Wildman–Crippen MR) is 134 cm³/mol. The molecule has 4 fully saturated rings. The van der Waals surface area contributed by atoms with Crippen molar-refractivity contribution in [1.82, 2.24) is 0 Å². The van der Waals surface area contributed by atoms with Crippen molar-refractivity contribution in [2.75, 3.05) is 5.32 Å². The predicted octanol–water partition coefficient (Wildman–Crippen LogP) is 7.34. The number of benzene rings is 2. The molecule has 0 aromatic heterocycles. The standard InChI is InChI=1S/C26H26BrCl2NO3/c27-26-12-16-6-17(13-26)11-25(10-16,15-26)14-22(31)33-23(18-4-2-1-3-5-18)24(32)30-21-8-19(28)7-20(29)9-21/h1-5,7-9,16-17,23H,6,10-15H2,(H,30,32). The number of carbonyl (C=O) groups excluding carboxylic acids is 2. The van der Waals surface area contributed by atoms with Crippen molar-refractivity contribution >= 4 is 56.7 Å². The summed E-state index contributed by atoms with van der Waals surface area (Å²) in [6, 6.07) is 13.9. The monoisotopic (exact) mass is 549 g/mol. The number of rotatable bonds is 6. The first-order valence-electron chi connectivity index (χ1n) is 11.4. The van der Waals surface area contributed by atoms with Gasteiger partial charge >= 0.3 is 5.97 Å². The highest BCUT2D eigenvalue weighted by Crippen LogP contribution is 2.65. The first kappa shape index (κ1) is 23.2. The molecule has 33 heavy (non-hydrogen) atoms. The molecule has 2 aromatic carbocycles. The number of carbonyl (C=O) groups is 2. The van der Waals surface area contributed by atoms with Gasteiger partial charge in [0.15, 0.2) is 0 Å². The molecule has 4 saturated carbocycles. The van der Waals surface area contributed by atoms with E-state index in [2.05, 4.69) is 21.2 Å². The minimum absolute atomic E-state index is 0.0249. The molecule has 0 saturated heterocycles. The zero-order valence-corrected chi connectivity index (χ0v) is 21.3. The molecule has 6 rings (SSSR count). The van der Waals surface area contributed by atoms with Crippen molar-refractivity contribution in [1.29, 1.82) is 0 Å². The van der Waals surface area contributed by atoms with Crippen molar-refractivity contribution in [2.24, 2.45) is 17.3 Å². The van der Waals surface area contributed by atoms with Crippen LogP contribution in [-0.4, -0.2) is 16.2 Å². The maximum absolute atomic E-state index is 13.2. The zero-order valence-electron chi connectivity index (χ0n) is 18.2. The summed E-state index contributed by atoms with van der Waals surface area (Å²) in [4.78, 5) is 26.4. The summed E-state index contributed by atoms with van der Waals surface area (Å²) >= 11 is 16.2. The highest BCUT2D eigenvalue weighted by atomic mass is 79.9. The average molecular weight is 551 g/mol. The van der Waals surface area contributed by atoms with E-state index in [9.17, 15) is 9.59 Å². The van der Waals surface area contributed by atoms with Crippen LogP contribution in [0.5, 0.6) is 0 Å². The van der Waals surface area contributed by atoms with E-state index < -0.39 is 12.0 Å². The second-order valence-electron chi connectivity index (χ2n) is 10.2. The molecule has 0 heterocycles. The molecule has 1 amide bonds. The molecule has 3 atom stereocenters. The fourth-order valence-corrected chi connectivity index (χ4v) is 8.79. The second kappa shape index (κ2) is 8.90. The summed E-state index contributed by atoms with van der Waals surface area (Å²) in [5.74, 6) is 0.606. The van der Waals surface area contributed by atoms with E-state index in [1.54, 1.807) is 30.3 Å². The van der Waals surface area contributed by atoms with Gasteiger partial charge < -0.3 is 10.1 Å². The molecular weight excluding hydrogens is 525 g/mol. The van der Waals surface area contributed by atoms with E-state index in [-0.39, 0.29) is 15.7 Å². The van der Waals surface area contributed by atoms with E-state index in [4.69, 9.17) is 27.9 Å². The minimum atomic E-state index is -1.05. The van der Waals surface area contributed by atoms with Crippen molar-refractivity contribution in [3.05, 3.63) is 64.1 Å². The van der Waals surface area contributed by atoms with Gasteiger partial charge in [-0.2, -0.15) is 0 Å². The highest BCUT2D eigenvalue weighted by molar-refractivity contribution is 9.10. The van der Waals surface area contributed by atoms with Gasteiger partial charge in [0.2, 0.25) is 6.10 Å². The van der Waals surface area contributed by atoms with Crippen LogP contribution >= 0.6 is 39.1 Å². The molecule has 0 radical (unpaired) electrons. The Morgan fingerprint density at radius 1 is 1.03 bits per heavy atom. The van der Waals surface area contributed by atoms with Crippen LogP contribution in [0.2, 0.25) is 10.0 Å². The molecule has 3 unspecified atom stereocenters. The summed E-state index contributed by atoms with van der Waals surface area (Å²) in [5.41, 5.74) is 1.05. The van der Waals surface area contributed by atoms with Crippen molar-refractivity contribution in [3.63, 3.8) is 0 Å². The number of alkyl halides is 1. The van der Waals surface area contributed by atoms with Crippen LogP contribution in [0.15, 0.2) is 48.5 Å². The molecule has 0 aliphatic heterocycles. The lowest BCUT2D eigenvalue weighted by atomic mass is 9.49. The molecule has 174 valence electrons. The first-order valence-corrected chi connectivity index (χ1v) is 13.0. The molecule has 4 nitrogen and oxygen atoms in total. The molecule has 0 spiro atoms. The number of esters is 1. The molecule has 4 aliphatic rings.